The zero-order valence-electron chi connectivity index (χ0n) is 8.63. The predicted octanol–water partition coefficient (Wildman–Crippen LogP) is 2.48. The van der Waals surface area contributed by atoms with Gasteiger partial charge in [-0.3, -0.25) is 4.79 Å². The highest BCUT2D eigenvalue weighted by atomic mass is 19.3. The molecule has 0 saturated heterocycles. The topological polar surface area (TPSA) is 35.5 Å². The van der Waals surface area contributed by atoms with Crippen molar-refractivity contribution >= 4 is 5.78 Å². The predicted molar refractivity (Wildman–Crippen MR) is 51.9 cm³/mol. The highest BCUT2D eigenvalue weighted by Gasteiger charge is 2.22. The molecule has 0 N–H and O–H groups in total. The van der Waals surface area contributed by atoms with Crippen LogP contribution in [-0.2, 0) is 11.2 Å². The fraction of sp³-hybridized carbons (Fsp3) is 0.364. The summed E-state index contributed by atoms with van der Waals surface area (Å²) in [4.78, 5) is 11.0. The summed E-state index contributed by atoms with van der Waals surface area (Å²) in [6.45, 7) is 1.39. The van der Waals surface area contributed by atoms with E-state index < -0.39 is 6.43 Å². The van der Waals surface area contributed by atoms with Gasteiger partial charge in [-0.25, -0.2) is 8.78 Å². The third-order valence-corrected chi connectivity index (χ3v) is 2.31. The number of hydrogen-bond acceptors (Lipinski definition) is 3. The van der Waals surface area contributed by atoms with Crippen molar-refractivity contribution in [3.05, 3.63) is 23.3 Å². The van der Waals surface area contributed by atoms with E-state index in [1.54, 1.807) is 0 Å². The molecule has 1 heterocycles. The number of ether oxygens (including phenoxy) is 2. The number of Topliss-reactive ketones (excluding diaryl/α,β-unsaturated/α-hetero) is 1. The summed E-state index contributed by atoms with van der Waals surface area (Å²) in [5.41, 5.74) is 0.131. The van der Waals surface area contributed by atoms with E-state index in [0.29, 0.717) is 17.1 Å². The van der Waals surface area contributed by atoms with Gasteiger partial charge in [0.05, 0.1) is 0 Å². The Morgan fingerprint density at radius 1 is 1.38 bits per heavy atom. The van der Waals surface area contributed by atoms with E-state index in [1.165, 1.54) is 19.1 Å². The quantitative estimate of drug-likeness (QED) is 0.797. The van der Waals surface area contributed by atoms with Gasteiger partial charge in [-0.1, -0.05) is 0 Å². The molecule has 0 bridgehead atoms. The van der Waals surface area contributed by atoms with Crippen LogP contribution < -0.4 is 9.47 Å². The van der Waals surface area contributed by atoms with Crippen molar-refractivity contribution < 1.29 is 23.0 Å². The number of carbonyl (C=O) groups excluding carboxylic acids is 1. The Hall–Kier alpha value is -1.65. The summed E-state index contributed by atoms with van der Waals surface area (Å²) >= 11 is 0. The Morgan fingerprint density at radius 2 is 2.00 bits per heavy atom. The van der Waals surface area contributed by atoms with Crippen LogP contribution in [0.4, 0.5) is 8.78 Å². The monoisotopic (exact) mass is 228 g/mol. The molecule has 0 aliphatic carbocycles. The SMILES string of the molecule is CC(=O)Cc1cc2c(cc1C(F)F)OCO2. The number of hydrogen-bond donors (Lipinski definition) is 0. The summed E-state index contributed by atoms with van der Waals surface area (Å²) in [6.07, 6.45) is -2.64. The molecule has 1 aromatic rings. The van der Waals surface area contributed by atoms with E-state index in [0.717, 1.165) is 0 Å². The van der Waals surface area contributed by atoms with E-state index in [4.69, 9.17) is 9.47 Å². The lowest BCUT2D eigenvalue weighted by Crippen LogP contribution is -2.01. The van der Waals surface area contributed by atoms with Gasteiger partial charge in [-0.15, -0.1) is 0 Å². The maximum atomic E-state index is 12.7. The lowest BCUT2D eigenvalue weighted by atomic mass is 10.0. The highest BCUT2D eigenvalue weighted by Crippen LogP contribution is 2.38. The van der Waals surface area contributed by atoms with Crippen LogP contribution in [0.3, 0.4) is 0 Å². The Labute approximate surface area is 91.0 Å². The molecule has 16 heavy (non-hydrogen) atoms. The highest BCUT2D eigenvalue weighted by molar-refractivity contribution is 5.79. The van der Waals surface area contributed by atoms with Gasteiger partial charge in [0.25, 0.3) is 6.43 Å². The first-order valence-electron chi connectivity index (χ1n) is 4.78. The van der Waals surface area contributed by atoms with Crippen LogP contribution in [-0.4, -0.2) is 12.6 Å². The van der Waals surface area contributed by atoms with Crippen LogP contribution in [0.25, 0.3) is 0 Å². The van der Waals surface area contributed by atoms with E-state index in [9.17, 15) is 13.6 Å². The third-order valence-electron chi connectivity index (χ3n) is 2.31. The first-order chi connectivity index (χ1) is 7.58. The third kappa shape index (κ3) is 1.98. The van der Waals surface area contributed by atoms with Gasteiger partial charge in [0.2, 0.25) is 6.79 Å². The molecule has 0 spiro atoms. The molecule has 1 aliphatic heterocycles. The Balaban J connectivity index is 2.44. The summed E-state index contributed by atoms with van der Waals surface area (Å²) in [5.74, 6) is 0.559. The molecule has 0 aromatic heterocycles. The van der Waals surface area contributed by atoms with Crippen LogP contribution in [0.5, 0.6) is 11.5 Å². The molecule has 0 amide bonds. The number of rotatable bonds is 3. The number of halogens is 2. The average molecular weight is 228 g/mol. The van der Waals surface area contributed by atoms with E-state index in [-0.39, 0.29) is 24.6 Å². The Morgan fingerprint density at radius 3 is 2.56 bits per heavy atom. The van der Waals surface area contributed by atoms with Crippen LogP contribution >= 0.6 is 0 Å². The van der Waals surface area contributed by atoms with Crippen LogP contribution in [0.2, 0.25) is 0 Å². The van der Waals surface area contributed by atoms with Crippen LogP contribution in [0.1, 0.15) is 24.5 Å². The molecule has 0 saturated carbocycles. The van der Waals surface area contributed by atoms with Crippen LogP contribution in [0.15, 0.2) is 12.1 Å². The lowest BCUT2D eigenvalue weighted by Gasteiger charge is -2.08. The van der Waals surface area contributed by atoms with Crippen molar-refractivity contribution in [2.45, 2.75) is 19.8 Å². The molecule has 5 heteroatoms. The van der Waals surface area contributed by atoms with Crippen molar-refractivity contribution in [1.29, 1.82) is 0 Å². The number of ketones is 1. The number of fused-ring (bicyclic) bond motifs is 1. The van der Waals surface area contributed by atoms with E-state index in [1.807, 2.05) is 0 Å². The van der Waals surface area contributed by atoms with Crippen LogP contribution in [0, 0.1) is 0 Å². The molecule has 86 valence electrons. The zero-order chi connectivity index (χ0) is 11.7. The van der Waals surface area contributed by atoms with E-state index in [2.05, 4.69) is 0 Å². The smallest absolute Gasteiger partial charge is 0.264 e. The van der Waals surface area contributed by atoms with Gasteiger partial charge in [0.15, 0.2) is 11.5 Å². The van der Waals surface area contributed by atoms with Crippen molar-refractivity contribution in [3.8, 4) is 11.5 Å². The van der Waals surface area contributed by atoms with Gasteiger partial charge < -0.3 is 9.47 Å². The average Bonchev–Trinajstić information content (AvgIpc) is 2.62. The first kappa shape index (κ1) is 10.9. The van der Waals surface area contributed by atoms with Gasteiger partial charge in [-0.05, 0) is 24.6 Å². The second-order valence-electron chi connectivity index (χ2n) is 3.58. The second-order valence-corrected chi connectivity index (χ2v) is 3.58. The summed E-state index contributed by atoms with van der Waals surface area (Å²) in [7, 11) is 0. The molecule has 0 unspecified atom stereocenters. The van der Waals surface area contributed by atoms with Crippen molar-refractivity contribution in [1.82, 2.24) is 0 Å². The molecule has 1 aliphatic rings. The van der Waals surface area contributed by atoms with Crippen molar-refractivity contribution in [2.24, 2.45) is 0 Å². The first-order valence-corrected chi connectivity index (χ1v) is 4.78. The van der Waals surface area contributed by atoms with Crippen molar-refractivity contribution in [3.63, 3.8) is 0 Å². The normalized spacial score (nSPS) is 13.2. The second kappa shape index (κ2) is 4.08. The molecule has 1 aromatic carbocycles. The fourth-order valence-corrected chi connectivity index (χ4v) is 1.62. The zero-order valence-corrected chi connectivity index (χ0v) is 8.63. The maximum Gasteiger partial charge on any atom is 0.264 e. The molecule has 3 nitrogen and oxygen atoms in total. The molecular weight excluding hydrogens is 218 g/mol. The number of carbonyl (C=O) groups is 1. The fourth-order valence-electron chi connectivity index (χ4n) is 1.62. The molecule has 0 atom stereocenters. The number of alkyl halides is 2. The molecular formula is C11H10F2O3. The minimum atomic E-state index is -2.62. The summed E-state index contributed by atoms with van der Waals surface area (Å²) in [5, 5.41) is 0. The minimum absolute atomic E-state index is 0.0175. The van der Waals surface area contributed by atoms with E-state index >= 15 is 0 Å². The Kier molecular flexibility index (Phi) is 2.77. The van der Waals surface area contributed by atoms with Gasteiger partial charge in [0.1, 0.15) is 5.78 Å². The Bertz CT molecular complexity index is 429. The lowest BCUT2D eigenvalue weighted by molar-refractivity contribution is -0.116. The molecule has 0 radical (unpaired) electrons. The van der Waals surface area contributed by atoms with Crippen molar-refractivity contribution in [2.75, 3.05) is 6.79 Å². The summed E-state index contributed by atoms with van der Waals surface area (Å²) < 4.78 is 35.6. The van der Waals surface area contributed by atoms with Gasteiger partial charge in [-0.2, -0.15) is 0 Å². The van der Waals surface area contributed by atoms with Gasteiger partial charge in [0, 0.05) is 12.0 Å². The molecule has 0 fully saturated rings. The maximum absolute atomic E-state index is 12.7. The minimum Gasteiger partial charge on any atom is -0.454 e. The molecule has 2 rings (SSSR count). The summed E-state index contributed by atoms with van der Waals surface area (Å²) in [6, 6.07) is 2.69. The largest absolute Gasteiger partial charge is 0.454 e. The van der Waals surface area contributed by atoms with Gasteiger partial charge >= 0.3 is 0 Å². The number of benzene rings is 1. The standard InChI is InChI=1S/C11H10F2O3/c1-6(14)2-7-3-9-10(16-5-15-9)4-8(7)11(12)13/h3-4,11H,2,5H2,1H3.